The van der Waals surface area contributed by atoms with E-state index in [1.165, 1.54) is 0 Å². The van der Waals surface area contributed by atoms with Crippen molar-refractivity contribution in [1.82, 2.24) is 15.5 Å². The molecule has 0 aromatic heterocycles. The molecule has 0 aromatic carbocycles. The van der Waals surface area contributed by atoms with Crippen LogP contribution in [0.4, 0.5) is 4.79 Å². The van der Waals surface area contributed by atoms with Crippen LogP contribution in [0, 0.1) is 5.41 Å². The first-order chi connectivity index (χ1) is 9.09. The molecule has 1 aliphatic rings. The molecule has 2 atom stereocenters. The molecule has 0 bridgehead atoms. The summed E-state index contributed by atoms with van der Waals surface area (Å²) >= 11 is 0. The smallest absolute Gasteiger partial charge is 0.315 e. The molecular weight excluding hydrogens is 262 g/mol. The van der Waals surface area contributed by atoms with Gasteiger partial charge in [-0.05, 0) is 34.9 Å². The highest BCUT2D eigenvalue weighted by atomic mass is 16.5. The standard InChI is InChI=1S/C13H25N3O4/c1-12(2,16(4)5)7-14-11(19)15-9-6-20-8-13(9,3)10(17)18/h9H,6-8H2,1-5H3,(H,17,18)(H2,14,15,19). The number of nitrogens with one attached hydrogen (secondary N) is 2. The van der Waals surface area contributed by atoms with Crippen LogP contribution in [0.25, 0.3) is 0 Å². The lowest BCUT2D eigenvalue weighted by atomic mass is 9.85. The Labute approximate surface area is 119 Å². The molecule has 1 rings (SSSR count). The van der Waals surface area contributed by atoms with Crippen LogP contribution >= 0.6 is 0 Å². The predicted molar refractivity (Wildman–Crippen MR) is 74.7 cm³/mol. The molecule has 7 nitrogen and oxygen atoms in total. The lowest BCUT2D eigenvalue weighted by molar-refractivity contribution is -0.148. The molecule has 0 saturated carbocycles. The fraction of sp³-hybridized carbons (Fsp3) is 0.846. The SMILES string of the molecule is CN(C)C(C)(C)CNC(=O)NC1COCC1(C)C(=O)O. The van der Waals surface area contributed by atoms with E-state index in [9.17, 15) is 14.7 Å². The fourth-order valence-electron chi connectivity index (χ4n) is 1.75. The molecular formula is C13H25N3O4. The maximum absolute atomic E-state index is 11.9. The molecule has 3 N–H and O–H groups in total. The van der Waals surface area contributed by atoms with Gasteiger partial charge in [0.15, 0.2) is 0 Å². The number of hydrogen-bond acceptors (Lipinski definition) is 4. The Morgan fingerprint density at radius 1 is 1.45 bits per heavy atom. The maximum atomic E-state index is 11.9. The first-order valence-corrected chi connectivity index (χ1v) is 6.62. The van der Waals surface area contributed by atoms with E-state index in [0.717, 1.165) is 0 Å². The number of hydrogen-bond donors (Lipinski definition) is 3. The van der Waals surface area contributed by atoms with E-state index in [1.807, 2.05) is 32.8 Å². The van der Waals surface area contributed by atoms with Gasteiger partial charge in [-0.15, -0.1) is 0 Å². The highest BCUT2D eigenvalue weighted by molar-refractivity contribution is 5.79. The number of rotatable bonds is 5. The molecule has 1 saturated heterocycles. The molecule has 116 valence electrons. The Hall–Kier alpha value is -1.34. The van der Waals surface area contributed by atoms with Gasteiger partial charge in [0.1, 0.15) is 5.41 Å². The van der Waals surface area contributed by atoms with Crippen molar-refractivity contribution < 1.29 is 19.4 Å². The molecule has 7 heteroatoms. The summed E-state index contributed by atoms with van der Waals surface area (Å²) in [4.78, 5) is 25.2. The van der Waals surface area contributed by atoms with Gasteiger partial charge in [0.05, 0.1) is 19.3 Å². The van der Waals surface area contributed by atoms with Crippen LogP contribution in [0.1, 0.15) is 20.8 Å². The van der Waals surface area contributed by atoms with Crippen molar-refractivity contribution in [2.75, 3.05) is 33.9 Å². The van der Waals surface area contributed by atoms with E-state index in [1.54, 1.807) is 6.92 Å². The zero-order chi connectivity index (χ0) is 15.6. The largest absolute Gasteiger partial charge is 0.481 e. The Morgan fingerprint density at radius 2 is 2.05 bits per heavy atom. The molecule has 0 radical (unpaired) electrons. The van der Waals surface area contributed by atoms with Crippen molar-refractivity contribution in [3.63, 3.8) is 0 Å². The second kappa shape index (κ2) is 5.97. The van der Waals surface area contributed by atoms with E-state index < -0.39 is 17.4 Å². The van der Waals surface area contributed by atoms with Crippen LogP contribution in [0.5, 0.6) is 0 Å². The average molecular weight is 287 g/mol. The van der Waals surface area contributed by atoms with Crippen molar-refractivity contribution in [1.29, 1.82) is 0 Å². The topological polar surface area (TPSA) is 90.9 Å². The lowest BCUT2D eigenvalue weighted by Gasteiger charge is -2.33. The third kappa shape index (κ3) is 3.61. The van der Waals surface area contributed by atoms with Gasteiger partial charge in [-0.2, -0.15) is 0 Å². The highest BCUT2D eigenvalue weighted by Gasteiger charge is 2.47. The number of carboxylic acid groups (broad SMARTS) is 1. The quantitative estimate of drug-likeness (QED) is 0.668. The van der Waals surface area contributed by atoms with Gasteiger partial charge in [-0.25, -0.2) is 4.79 Å². The molecule has 0 aromatic rings. The van der Waals surface area contributed by atoms with Gasteiger partial charge in [0.25, 0.3) is 0 Å². The molecule has 1 fully saturated rings. The summed E-state index contributed by atoms with van der Waals surface area (Å²) in [7, 11) is 3.87. The van der Waals surface area contributed by atoms with E-state index in [0.29, 0.717) is 6.54 Å². The fourth-order valence-corrected chi connectivity index (χ4v) is 1.75. The van der Waals surface area contributed by atoms with E-state index >= 15 is 0 Å². The van der Waals surface area contributed by atoms with Gasteiger partial charge in [0.2, 0.25) is 0 Å². The highest BCUT2D eigenvalue weighted by Crippen LogP contribution is 2.28. The van der Waals surface area contributed by atoms with Gasteiger partial charge in [0, 0.05) is 12.1 Å². The van der Waals surface area contributed by atoms with Crippen molar-refractivity contribution in [3.8, 4) is 0 Å². The average Bonchev–Trinajstić information content (AvgIpc) is 2.70. The van der Waals surface area contributed by atoms with Gasteiger partial charge >= 0.3 is 12.0 Å². The van der Waals surface area contributed by atoms with Crippen LogP contribution in [-0.4, -0.2) is 67.4 Å². The number of aliphatic carboxylic acids is 1. The molecule has 0 spiro atoms. The second-order valence-corrected chi connectivity index (χ2v) is 6.32. The van der Waals surface area contributed by atoms with Crippen LogP contribution in [0.3, 0.4) is 0 Å². The lowest BCUT2D eigenvalue weighted by Crippen LogP contribution is -2.55. The maximum Gasteiger partial charge on any atom is 0.315 e. The van der Waals surface area contributed by atoms with E-state index in [-0.39, 0.29) is 24.8 Å². The van der Waals surface area contributed by atoms with Crippen LogP contribution in [-0.2, 0) is 9.53 Å². The molecule has 20 heavy (non-hydrogen) atoms. The zero-order valence-corrected chi connectivity index (χ0v) is 12.8. The minimum Gasteiger partial charge on any atom is -0.481 e. The first-order valence-electron chi connectivity index (χ1n) is 6.62. The summed E-state index contributed by atoms with van der Waals surface area (Å²) < 4.78 is 5.19. The van der Waals surface area contributed by atoms with Crippen LogP contribution in [0.2, 0.25) is 0 Å². The molecule has 1 heterocycles. The van der Waals surface area contributed by atoms with E-state index in [2.05, 4.69) is 10.6 Å². The second-order valence-electron chi connectivity index (χ2n) is 6.32. The third-order valence-electron chi connectivity index (χ3n) is 4.14. The number of carbonyl (C=O) groups is 2. The van der Waals surface area contributed by atoms with Crippen LogP contribution < -0.4 is 10.6 Å². The van der Waals surface area contributed by atoms with Crippen molar-refractivity contribution >= 4 is 12.0 Å². The van der Waals surface area contributed by atoms with Gasteiger partial charge in [-0.1, -0.05) is 0 Å². The summed E-state index contributed by atoms with van der Waals surface area (Å²) in [5.74, 6) is -0.964. The number of urea groups is 1. The Balaban J connectivity index is 2.53. The normalized spacial score (nSPS) is 26.6. The van der Waals surface area contributed by atoms with Crippen LogP contribution in [0.15, 0.2) is 0 Å². The molecule has 0 aliphatic carbocycles. The Bertz CT molecular complexity index is 384. The van der Waals surface area contributed by atoms with E-state index in [4.69, 9.17) is 4.74 Å². The minimum atomic E-state index is -1.07. The minimum absolute atomic E-state index is 0.108. The molecule has 2 unspecified atom stereocenters. The van der Waals surface area contributed by atoms with Gasteiger partial charge < -0.3 is 25.4 Å². The Kier molecular flexibility index (Phi) is 4.99. The number of ether oxygens (including phenoxy) is 1. The van der Waals surface area contributed by atoms with Gasteiger partial charge in [-0.3, -0.25) is 4.79 Å². The van der Waals surface area contributed by atoms with Crippen molar-refractivity contribution in [3.05, 3.63) is 0 Å². The van der Waals surface area contributed by atoms with Crippen molar-refractivity contribution in [2.24, 2.45) is 5.41 Å². The summed E-state index contributed by atoms with van der Waals surface area (Å²) in [5, 5.41) is 14.7. The predicted octanol–water partition coefficient (Wildman–Crippen LogP) is 0.116. The first kappa shape index (κ1) is 16.7. The summed E-state index contributed by atoms with van der Waals surface area (Å²) in [6, 6.07) is -0.898. The van der Waals surface area contributed by atoms with Crippen molar-refractivity contribution in [2.45, 2.75) is 32.4 Å². The number of likely N-dealkylation sites (N-methyl/N-ethyl adjacent to an activating group) is 1. The third-order valence-corrected chi connectivity index (χ3v) is 4.14. The monoisotopic (exact) mass is 287 g/mol. The summed E-state index contributed by atoms with van der Waals surface area (Å²) in [6.45, 7) is 6.38. The summed E-state index contributed by atoms with van der Waals surface area (Å²) in [6.07, 6.45) is 0. The Morgan fingerprint density at radius 3 is 2.55 bits per heavy atom. The number of carbonyl (C=O) groups excluding carboxylic acids is 1. The summed E-state index contributed by atoms with van der Waals surface area (Å²) in [5.41, 5.74) is -1.26. The zero-order valence-electron chi connectivity index (χ0n) is 12.8. The molecule has 2 amide bonds. The number of carboxylic acids is 1. The molecule has 1 aliphatic heterocycles. The number of nitrogens with zero attached hydrogens (tertiary/aromatic N) is 1. The number of amides is 2.